The third kappa shape index (κ3) is 4.05. The van der Waals surface area contributed by atoms with E-state index < -0.39 is 10.0 Å². The second kappa shape index (κ2) is 8.68. The molecule has 1 saturated heterocycles. The van der Waals surface area contributed by atoms with Crippen molar-refractivity contribution in [3.8, 4) is 16.0 Å². The molecule has 0 bridgehead atoms. The van der Waals surface area contributed by atoms with Gasteiger partial charge in [0.25, 0.3) is 5.91 Å². The Labute approximate surface area is 199 Å². The maximum atomic E-state index is 13.1. The monoisotopic (exact) mass is 494 g/mol. The predicted molar refractivity (Wildman–Crippen MR) is 129 cm³/mol. The number of thiophene rings is 1. The quantitative estimate of drug-likeness (QED) is 0.427. The van der Waals surface area contributed by atoms with Gasteiger partial charge < -0.3 is 4.90 Å². The van der Waals surface area contributed by atoms with Crippen LogP contribution in [0.25, 0.3) is 20.1 Å². The van der Waals surface area contributed by atoms with Crippen molar-refractivity contribution in [1.29, 1.82) is 5.26 Å². The first-order valence-electron chi connectivity index (χ1n) is 10.2. The van der Waals surface area contributed by atoms with Gasteiger partial charge in [-0.15, -0.1) is 22.7 Å². The van der Waals surface area contributed by atoms with E-state index in [0.29, 0.717) is 18.0 Å². The molecule has 0 unspecified atom stereocenters. The Balaban J connectivity index is 1.29. The second-order valence-electron chi connectivity index (χ2n) is 7.45. The first-order valence-corrected chi connectivity index (χ1v) is 13.3. The van der Waals surface area contributed by atoms with Gasteiger partial charge in [0.15, 0.2) is 0 Å². The number of aromatic nitrogens is 1. The minimum atomic E-state index is -3.79. The average molecular weight is 495 g/mol. The lowest BCUT2D eigenvalue weighted by Crippen LogP contribution is -2.50. The Kier molecular flexibility index (Phi) is 5.72. The molecule has 1 aliphatic heterocycles. The largest absolute Gasteiger partial charge is 0.335 e. The first-order chi connectivity index (χ1) is 16.0. The molecule has 1 aliphatic rings. The van der Waals surface area contributed by atoms with Crippen LogP contribution in [-0.4, -0.2) is 54.7 Å². The molecule has 1 fully saturated rings. The number of nitrogens with zero attached hydrogens (tertiary/aromatic N) is 4. The zero-order valence-electron chi connectivity index (χ0n) is 17.3. The van der Waals surface area contributed by atoms with Crippen molar-refractivity contribution < 1.29 is 13.2 Å². The van der Waals surface area contributed by atoms with Crippen molar-refractivity contribution in [1.82, 2.24) is 14.2 Å². The lowest BCUT2D eigenvalue weighted by molar-refractivity contribution is 0.0703. The van der Waals surface area contributed by atoms with Crippen LogP contribution >= 0.6 is 22.7 Å². The van der Waals surface area contributed by atoms with Crippen LogP contribution in [0.5, 0.6) is 0 Å². The van der Waals surface area contributed by atoms with Crippen molar-refractivity contribution in [3.05, 3.63) is 71.1 Å². The predicted octanol–water partition coefficient (Wildman–Crippen LogP) is 4.04. The molecule has 0 N–H and O–H groups in total. The maximum absolute atomic E-state index is 13.1. The van der Waals surface area contributed by atoms with Crippen LogP contribution in [0.3, 0.4) is 0 Å². The van der Waals surface area contributed by atoms with Crippen molar-refractivity contribution in [2.24, 2.45) is 0 Å². The summed E-state index contributed by atoms with van der Waals surface area (Å²) in [6.07, 6.45) is 0. The van der Waals surface area contributed by atoms with Crippen LogP contribution in [0, 0.1) is 11.3 Å². The molecule has 0 saturated carbocycles. The first kappa shape index (κ1) is 21.7. The number of amides is 1. The number of hydrogen-bond donors (Lipinski definition) is 0. The molecule has 0 spiro atoms. The molecule has 0 atom stereocenters. The van der Waals surface area contributed by atoms with E-state index in [1.165, 1.54) is 27.8 Å². The van der Waals surface area contributed by atoms with Crippen molar-refractivity contribution in [2.45, 2.75) is 4.90 Å². The van der Waals surface area contributed by atoms with E-state index in [-0.39, 0.29) is 29.5 Å². The number of carbonyl (C=O) groups is 1. The smallest absolute Gasteiger partial charge is 0.264 e. The maximum Gasteiger partial charge on any atom is 0.264 e. The molecule has 10 heteroatoms. The summed E-state index contributed by atoms with van der Waals surface area (Å²) in [7, 11) is -3.79. The van der Waals surface area contributed by atoms with Gasteiger partial charge in [-0.1, -0.05) is 24.3 Å². The lowest BCUT2D eigenvalue weighted by atomic mass is 10.2. The van der Waals surface area contributed by atoms with Crippen LogP contribution in [0.1, 0.15) is 15.2 Å². The van der Waals surface area contributed by atoms with Crippen molar-refractivity contribution in [2.75, 3.05) is 26.2 Å². The molecule has 0 aliphatic carbocycles. The molecule has 5 rings (SSSR count). The lowest BCUT2D eigenvalue weighted by Gasteiger charge is -2.33. The van der Waals surface area contributed by atoms with Gasteiger partial charge >= 0.3 is 0 Å². The SMILES string of the molecule is N#Cc1ccccc1S(=O)(=O)N1CCN(C(=O)c2ccc(-c3nc4ccccc4s3)s2)CC1. The van der Waals surface area contributed by atoms with Gasteiger partial charge in [0, 0.05) is 26.2 Å². The molecule has 2 aromatic carbocycles. The number of thiazole rings is 1. The van der Waals surface area contributed by atoms with Crippen molar-refractivity contribution >= 4 is 48.8 Å². The molecule has 3 heterocycles. The number of nitriles is 1. The number of rotatable bonds is 4. The Hall–Kier alpha value is -3.10. The molecule has 7 nitrogen and oxygen atoms in total. The van der Waals surface area contributed by atoms with E-state index in [1.54, 1.807) is 34.4 Å². The number of hydrogen-bond acceptors (Lipinski definition) is 7. The Morgan fingerprint density at radius 3 is 2.42 bits per heavy atom. The molecule has 1 amide bonds. The van der Waals surface area contributed by atoms with Gasteiger partial charge in [0.05, 0.1) is 30.4 Å². The highest BCUT2D eigenvalue weighted by molar-refractivity contribution is 7.89. The summed E-state index contributed by atoms with van der Waals surface area (Å²) < 4.78 is 28.5. The highest BCUT2D eigenvalue weighted by Crippen LogP contribution is 2.35. The number of carbonyl (C=O) groups excluding carboxylic acids is 1. The summed E-state index contributed by atoms with van der Waals surface area (Å²) in [5, 5.41) is 10.1. The van der Waals surface area contributed by atoms with E-state index in [2.05, 4.69) is 4.98 Å². The summed E-state index contributed by atoms with van der Waals surface area (Å²) in [6.45, 7) is 0.955. The van der Waals surface area contributed by atoms with E-state index in [1.807, 2.05) is 36.4 Å². The zero-order valence-corrected chi connectivity index (χ0v) is 19.8. The fourth-order valence-corrected chi connectivity index (χ4v) is 7.31. The average Bonchev–Trinajstić information content (AvgIpc) is 3.51. The highest BCUT2D eigenvalue weighted by atomic mass is 32.2. The Morgan fingerprint density at radius 2 is 1.67 bits per heavy atom. The van der Waals surface area contributed by atoms with Gasteiger partial charge in [-0.05, 0) is 36.4 Å². The van der Waals surface area contributed by atoms with E-state index in [0.717, 1.165) is 20.1 Å². The standard InChI is InChI=1S/C23H18N4O3S3/c24-15-16-5-1-4-8-21(16)33(29,30)27-13-11-26(12-14-27)23(28)20-10-9-19(31-20)22-25-17-6-2-3-7-18(17)32-22/h1-10H,11-14H2. The van der Waals surface area contributed by atoms with Gasteiger partial charge in [0.1, 0.15) is 11.1 Å². The zero-order chi connectivity index (χ0) is 23.0. The van der Waals surface area contributed by atoms with Crippen LogP contribution in [0.15, 0.2) is 65.6 Å². The molecule has 166 valence electrons. The van der Waals surface area contributed by atoms with Gasteiger partial charge in [-0.25, -0.2) is 13.4 Å². The third-order valence-electron chi connectivity index (χ3n) is 5.47. The van der Waals surface area contributed by atoms with Gasteiger partial charge in [-0.2, -0.15) is 9.57 Å². The molecule has 4 aromatic rings. The minimum Gasteiger partial charge on any atom is -0.335 e. The van der Waals surface area contributed by atoms with Crippen LogP contribution in [-0.2, 0) is 10.0 Å². The van der Waals surface area contributed by atoms with Crippen molar-refractivity contribution in [3.63, 3.8) is 0 Å². The molecule has 33 heavy (non-hydrogen) atoms. The number of fused-ring (bicyclic) bond motifs is 1. The molecule has 2 aromatic heterocycles. The van der Waals surface area contributed by atoms with Gasteiger partial charge in [-0.3, -0.25) is 4.79 Å². The number of sulfonamides is 1. The van der Waals surface area contributed by atoms with Gasteiger partial charge in [0.2, 0.25) is 10.0 Å². The van der Waals surface area contributed by atoms with E-state index in [4.69, 9.17) is 0 Å². The van der Waals surface area contributed by atoms with Crippen LogP contribution in [0.4, 0.5) is 0 Å². The molecule has 0 radical (unpaired) electrons. The fraction of sp³-hybridized carbons (Fsp3) is 0.174. The number of benzene rings is 2. The minimum absolute atomic E-state index is 0.00556. The second-order valence-corrected chi connectivity index (χ2v) is 11.5. The van der Waals surface area contributed by atoms with E-state index >= 15 is 0 Å². The summed E-state index contributed by atoms with van der Waals surface area (Å²) in [4.78, 5) is 20.9. The topological polar surface area (TPSA) is 94.4 Å². The summed E-state index contributed by atoms with van der Waals surface area (Å²) in [5.41, 5.74) is 1.06. The fourth-order valence-electron chi connectivity index (χ4n) is 3.76. The summed E-state index contributed by atoms with van der Waals surface area (Å²) in [5.74, 6) is -0.109. The van der Waals surface area contributed by atoms with Crippen LogP contribution in [0.2, 0.25) is 0 Å². The summed E-state index contributed by atoms with van der Waals surface area (Å²) in [6, 6.07) is 19.8. The number of piperazine rings is 1. The molecular formula is C23H18N4O3S3. The normalized spacial score (nSPS) is 14.9. The highest BCUT2D eigenvalue weighted by Gasteiger charge is 2.32. The molecular weight excluding hydrogens is 476 g/mol. The third-order valence-corrected chi connectivity index (χ3v) is 9.71. The summed E-state index contributed by atoms with van der Waals surface area (Å²) >= 11 is 2.99. The van der Waals surface area contributed by atoms with Crippen LogP contribution < -0.4 is 0 Å². The number of para-hydroxylation sites is 1. The van der Waals surface area contributed by atoms with E-state index in [9.17, 15) is 18.5 Å². The Bertz CT molecular complexity index is 1460. The Morgan fingerprint density at radius 1 is 0.939 bits per heavy atom.